The number of carbonyl (C=O) groups is 1. The number of nitrogens with zero attached hydrogens (tertiary/aromatic N) is 2. The highest BCUT2D eigenvalue weighted by Gasteiger charge is 2.35. The summed E-state index contributed by atoms with van der Waals surface area (Å²) in [5, 5.41) is 6.82. The molecule has 1 aromatic carbocycles. The molecule has 0 spiro atoms. The van der Waals surface area contributed by atoms with E-state index in [1.807, 2.05) is 30.5 Å². The van der Waals surface area contributed by atoms with Gasteiger partial charge < -0.3 is 15.0 Å². The predicted molar refractivity (Wildman–Crippen MR) is 105 cm³/mol. The first-order chi connectivity index (χ1) is 12.5. The topological polar surface area (TPSA) is 54.5 Å². The Hall–Kier alpha value is -1.63. The highest BCUT2D eigenvalue weighted by Crippen LogP contribution is 2.35. The summed E-state index contributed by atoms with van der Waals surface area (Å²) in [6, 6.07) is 7.84. The number of rotatable bonds is 5. The van der Waals surface area contributed by atoms with Crippen LogP contribution in [0.5, 0.6) is 0 Å². The van der Waals surface area contributed by atoms with Crippen LogP contribution >= 0.6 is 22.9 Å². The number of hydrogen-bond donors (Lipinski definition) is 1. The predicted octanol–water partition coefficient (Wildman–Crippen LogP) is 3.99. The lowest BCUT2D eigenvalue weighted by atomic mass is 9.74. The lowest BCUT2D eigenvalue weighted by Gasteiger charge is -2.38. The van der Waals surface area contributed by atoms with Gasteiger partial charge in [0.2, 0.25) is 0 Å². The number of carbonyl (C=O) groups excluding carboxylic acids is 1. The van der Waals surface area contributed by atoms with Crippen LogP contribution in [0.25, 0.3) is 0 Å². The standard InChI is InChI=1S/C19H24ClN3O2S/c1-14-22-17(12-26-14)11-23(2)18(24)21-13-19(6-8-25-9-7-19)15-4-3-5-16(20)10-15/h3-5,10,12H,6-9,11,13H2,1-2H3,(H,21,24). The third-order valence-corrected chi connectivity index (χ3v) is 5.93. The fourth-order valence-corrected chi connectivity index (χ4v) is 4.12. The number of benzene rings is 1. The van der Waals surface area contributed by atoms with Crippen LogP contribution in [0.2, 0.25) is 5.02 Å². The van der Waals surface area contributed by atoms with Gasteiger partial charge in [-0.3, -0.25) is 0 Å². The van der Waals surface area contributed by atoms with Gasteiger partial charge in [0.25, 0.3) is 0 Å². The molecule has 1 aliphatic heterocycles. The van der Waals surface area contributed by atoms with E-state index < -0.39 is 0 Å². The second-order valence-electron chi connectivity index (χ2n) is 6.78. The fraction of sp³-hybridized carbons (Fsp3) is 0.474. The molecule has 0 bridgehead atoms. The summed E-state index contributed by atoms with van der Waals surface area (Å²) in [5.41, 5.74) is 1.93. The van der Waals surface area contributed by atoms with Crippen molar-refractivity contribution in [2.24, 2.45) is 0 Å². The SMILES string of the molecule is Cc1nc(CN(C)C(=O)NCC2(c3cccc(Cl)c3)CCOCC2)cs1. The van der Waals surface area contributed by atoms with Crippen LogP contribution in [0.1, 0.15) is 29.1 Å². The van der Waals surface area contributed by atoms with E-state index in [2.05, 4.69) is 16.4 Å². The molecule has 0 unspecified atom stereocenters. The van der Waals surface area contributed by atoms with Crippen LogP contribution in [-0.4, -0.2) is 42.7 Å². The van der Waals surface area contributed by atoms with Gasteiger partial charge in [-0.1, -0.05) is 23.7 Å². The van der Waals surface area contributed by atoms with Gasteiger partial charge in [-0.15, -0.1) is 11.3 Å². The summed E-state index contributed by atoms with van der Waals surface area (Å²) in [6.45, 7) is 4.42. The number of ether oxygens (including phenoxy) is 1. The lowest BCUT2D eigenvalue weighted by molar-refractivity contribution is 0.0502. The number of urea groups is 1. The largest absolute Gasteiger partial charge is 0.381 e. The Morgan fingerprint density at radius 2 is 2.19 bits per heavy atom. The van der Waals surface area contributed by atoms with E-state index in [-0.39, 0.29) is 11.4 Å². The van der Waals surface area contributed by atoms with Crippen LogP contribution in [0.4, 0.5) is 4.79 Å². The molecule has 5 nitrogen and oxygen atoms in total. The van der Waals surface area contributed by atoms with E-state index in [0.29, 0.717) is 26.3 Å². The van der Waals surface area contributed by atoms with Crippen molar-refractivity contribution in [3.05, 3.63) is 50.9 Å². The summed E-state index contributed by atoms with van der Waals surface area (Å²) >= 11 is 7.79. The molecule has 1 fully saturated rings. The van der Waals surface area contributed by atoms with E-state index >= 15 is 0 Å². The summed E-state index contributed by atoms with van der Waals surface area (Å²) < 4.78 is 5.55. The van der Waals surface area contributed by atoms with Crippen LogP contribution in [-0.2, 0) is 16.7 Å². The lowest BCUT2D eigenvalue weighted by Crippen LogP contribution is -2.47. The molecule has 1 aromatic heterocycles. The first kappa shape index (κ1) is 19.1. The molecule has 1 saturated heterocycles. The quantitative estimate of drug-likeness (QED) is 0.835. The van der Waals surface area contributed by atoms with E-state index in [4.69, 9.17) is 16.3 Å². The number of hydrogen-bond acceptors (Lipinski definition) is 4. The van der Waals surface area contributed by atoms with Gasteiger partial charge in [0.1, 0.15) is 0 Å². The fourth-order valence-electron chi connectivity index (χ4n) is 3.32. The molecule has 2 aromatic rings. The maximum absolute atomic E-state index is 12.6. The van der Waals surface area contributed by atoms with Crippen LogP contribution in [0.3, 0.4) is 0 Å². The molecule has 1 N–H and O–H groups in total. The minimum absolute atomic E-state index is 0.0939. The van der Waals surface area contributed by atoms with Gasteiger partial charge in [0.05, 0.1) is 17.2 Å². The Morgan fingerprint density at radius 1 is 1.42 bits per heavy atom. The number of thiazole rings is 1. The monoisotopic (exact) mass is 393 g/mol. The van der Waals surface area contributed by atoms with E-state index in [0.717, 1.165) is 34.1 Å². The first-order valence-corrected chi connectivity index (χ1v) is 9.98. The zero-order valence-corrected chi connectivity index (χ0v) is 16.7. The normalized spacial score (nSPS) is 16.3. The Morgan fingerprint density at radius 3 is 2.85 bits per heavy atom. The highest BCUT2D eigenvalue weighted by molar-refractivity contribution is 7.09. The summed E-state index contributed by atoms with van der Waals surface area (Å²) in [4.78, 5) is 18.7. The molecule has 0 aliphatic carbocycles. The van der Waals surface area contributed by atoms with Gasteiger partial charge in [0.15, 0.2) is 0 Å². The van der Waals surface area contributed by atoms with Crippen molar-refractivity contribution < 1.29 is 9.53 Å². The Kier molecular flexibility index (Phi) is 6.16. The summed E-state index contributed by atoms with van der Waals surface area (Å²) in [5.74, 6) is 0. The molecule has 7 heteroatoms. The van der Waals surface area contributed by atoms with Crippen LogP contribution in [0.15, 0.2) is 29.6 Å². The molecule has 140 valence electrons. The number of aromatic nitrogens is 1. The van der Waals surface area contributed by atoms with E-state index in [1.165, 1.54) is 0 Å². The van der Waals surface area contributed by atoms with Crippen LogP contribution in [0, 0.1) is 6.92 Å². The van der Waals surface area contributed by atoms with Crippen LogP contribution < -0.4 is 5.32 Å². The Balaban J connectivity index is 1.66. The second-order valence-corrected chi connectivity index (χ2v) is 8.27. The Bertz CT molecular complexity index is 759. The van der Waals surface area contributed by atoms with E-state index in [1.54, 1.807) is 23.3 Å². The Labute approximate surface area is 163 Å². The zero-order chi connectivity index (χ0) is 18.6. The molecule has 0 saturated carbocycles. The van der Waals surface area contributed by atoms with Crippen molar-refractivity contribution in [3.63, 3.8) is 0 Å². The van der Waals surface area contributed by atoms with Gasteiger partial charge in [-0.25, -0.2) is 9.78 Å². The molecule has 26 heavy (non-hydrogen) atoms. The van der Waals surface area contributed by atoms with Crippen molar-refractivity contribution in [2.45, 2.75) is 31.7 Å². The molecule has 3 rings (SSSR count). The van der Waals surface area contributed by atoms with Gasteiger partial charge in [0, 0.05) is 42.6 Å². The average molecular weight is 394 g/mol. The molecule has 0 atom stereocenters. The zero-order valence-electron chi connectivity index (χ0n) is 15.1. The number of nitrogens with one attached hydrogen (secondary N) is 1. The maximum Gasteiger partial charge on any atom is 0.317 e. The van der Waals surface area contributed by atoms with Gasteiger partial charge in [-0.2, -0.15) is 0 Å². The number of aryl methyl sites for hydroxylation is 1. The summed E-state index contributed by atoms with van der Waals surface area (Å²) in [6.07, 6.45) is 1.73. The van der Waals surface area contributed by atoms with Crippen molar-refractivity contribution in [1.29, 1.82) is 0 Å². The number of halogens is 1. The molecule has 1 aliphatic rings. The van der Waals surface area contributed by atoms with Gasteiger partial charge >= 0.3 is 6.03 Å². The minimum atomic E-state index is -0.142. The van der Waals surface area contributed by atoms with Crippen molar-refractivity contribution in [2.75, 3.05) is 26.8 Å². The van der Waals surface area contributed by atoms with Crippen molar-refractivity contribution >= 4 is 29.0 Å². The second kappa shape index (κ2) is 8.37. The molecular weight excluding hydrogens is 370 g/mol. The summed E-state index contributed by atoms with van der Waals surface area (Å²) in [7, 11) is 1.79. The highest BCUT2D eigenvalue weighted by atomic mass is 35.5. The molecule has 0 radical (unpaired) electrons. The van der Waals surface area contributed by atoms with Crippen molar-refractivity contribution in [3.8, 4) is 0 Å². The molecular formula is C19H24ClN3O2S. The average Bonchev–Trinajstić information content (AvgIpc) is 3.05. The van der Waals surface area contributed by atoms with Gasteiger partial charge in [-0.05, 0) is 37.5 Å². The third-order valence-electron chi connectivity index (χ3n) is 4.88. The minimum Gasteiger partial charge on any atom is -0.381 e. The third kappa shape index (κ3) is 4.55. The van der Waals surface area contributed by atoms with E-state index in [9.17, 15) is 4.79 Å². The molecule has 2 heterocycles. The molecule has 2 amide bonds. The maximum atomic E-state index is 12.6. The smallest absolute Gasteiger partial charge is 0.317 e. The van der Waals surface area contributed by atoms with Crippen molar-refractivity contribution in [1.82, 2.24) is 15.2 Å². The number of amides is 2. The first-order valence-electron chi connectivity index (χ1n) is 8.72.